The molecule has 166 valence electrons. The second kappa shape index (κ2) is 9.09. The molecule has 0 saturated heterocycles. The van der Waals surface area contributed by atoms with E-state index in [1.54, 1.807) is 43.0 Å². The van der Waals surface area contributed by atoms with Gasteiger partial charge in [-0.25, -0.2) is 0 Å². The van der Waals surface area contributed by atoms with Crippen molar-refractivity contribution in [2.75, 3.05) is 19.0 Å². The maximum atomic E-state index is 12.6. The fraction of sp³-hybridized carbons (Fsp3) is 0.304. The zero-order valence-corrected chi connectivity index (χ0v) is 18.5. The van der Waals surface area contributed by atoms with Gasteiger partial charge >= 0.3 is 0 Å². The number of nitrogens with one attached hydrogen (secondary N) is 1. The van der Waals surface area contributed by atoms with Gasteiger partial charge in [-0.2, -0.15) is 4.68 Å². The number of nitrogens with zero attached hydrogens (tertiary/aromatic N) is 4. The zero-order valence-electron chi connectivity index (χ0n) is 18.5. The first kappa shape index (κ1) is 21.4. The maximum Gasteiger partial charge on any atom is 0.248 e. The summed E-state index contributed by atoms with van der Waals surface area (Å²) in [4.78, 5) is 12.6. The number of carbonyl (C=O) groups excluding carboxylic acids is 1. The number of aryl methyl sites for hydroxylation is 1. The van der Waals surface area contributed by atoms with Crippen molar-refractivity contribution in [2.24, 2.45) is 0 Å². The van der Waals surface area contributed by atoms with E-state index in [4.69, 9.17) is 14.2 Å². The van der Waals surface area contributed by atoms with Crippen molar-refractivity contribution < 1.29 is 19.0 Å². The van der Waals surface area contributed by atoms with Crippen LogP contribution in [-0.2, 0) is 11.2 Å². The SMILES string of the molecule is CCOc1cc2c(cc1/C=C/C(=O)Nc1ccc(OC)c(-n3nnnc3C)c1)OC(C)C2. The van der Waals surface area contributed by atoms with E-state index in [9.17, 15) is 4.79 Å². The van der Waals surface area contributed by atoms with Crippen molar-refractivity contribution in [2.45, 2.75) is 33.3 Å². The lowest BCUT2D eigenvalue weighted by molar-refractivity contribution is -0.111. The first-order valence-corrected chi connectivity index (χ1v) is 10.4. The number of tetrazole rings is 1. The van der Waals surface area contributed by atoms with Crippen molar-refractivity contribution in [3.63, 3.8) is 0 Å². The summed E-state index contributed by atoms with van der Waals surface area (Å²) in [5.41, 5.74) is 3.11. The van der Waals surface area contributed by atoms with E-state index in [0.29, 0.717) is 29.6 Å². The second-order valence-electron chi connectivity index (χ2n) is 7.41. The number of methoxy groups -OCH3 is 1. The van der Waals surface area contributed by atoms with Gasteiger partial charge in [-0.05, 0) is 67.6 Å². The first-order valence-electron chi connectivity index (χ1n) is 10.4. The van der Waals surface area contributed by atoms with E-state index in [-0.39, 0.29) is 12.0 Å². The third kappa shape index (κ3) is 4.41. The number of ether oxygens (including phenoxy) is 3. The summed E-state index contributed by atoms with van der Waals surface area (Å²) < 4.78 is 18.6. The molecule has 1 aromatic heterocycles. The van der Waals surface area contributed by atoms with Crippen LogP contribution in [0.15, 0.2) is 36.4 Å². The molecule has 0 radical (unpaired) electrons. The van der Waals surface area contributed by atoms with Gasteiger partial charge in [-0.3, -0.25) is 4.79 Å². The van der Waals surface area contributed by atoms with Gasteiger partial charge in [0.2, 0.25) is 5.91 Å². The Hall–Kier alpha value is -3.88. The molecule has 1 unspecified atom stereocenters. The Morgan fingerprint density at radius 1 is 1.31 bits per heavy atom. The largest absolute Gasteiger partial charge is 0.494 e. The van der Waals surface area contributed by atoms with Gasteiger partial charge in [0.05, 0.1) is 13.7 Å². The van der Waals surface area contributed by atoms with Gasteiger partial charge in [-0.1, -0.05) is 0 Å². The normalized spacial score (nSPS) is 14.8. The van der Waals surface area contributed by atoms with Gasteiger partial charge in [0, 0.05) is 29.3 Å². The van der Waals surface area contributed by atoms with Crippen molar-refractivity contribution >= 4 is 17.7 Å². The summed E-state index contributed by atoms with van der Waals surface area (Å²) in [5, 5.41) is 14.4. The number of anilines is 1. The predicted molar refractivity (Wildman–Crippen MR) is 120 cm³/mol. The Morgan fingerprint density at radius 3 is 2.88 bits per heavy atom. The number of carbonyl (C=O) groups is 1. The lowest BCUT2D eigenvalue weighted by atomic mass is 10.1. The van der Waals surface area contributed by atoms with E-state index in [1.165, 1.54) is 6.08 Å². The van der Waals surface area contributed by atoms with Gasteiger partial charge in [0.25, 0.3) is 0 Å². The molecule has 32 heavy (non-hydrogen) atoms. The van der Waals surface area contributed by atoms with E-state index >= 15 is 0 Å². The Morgan fingerprint density at radius 2 is 2.16 bits per heavy atom. The molecule has 1 amide bonds. The molecule has 1 N–H and O–H groups in total. The summed E-state index contributed by atoms with van der Waals surface area (Å²) >= 11 is 0. The number of rotatable bonds is 7. The molecule has 0 fully saturated rings. The van der Waals surface area contributed by atoms with Gasteiger partial charge < -0.3 is 19.5 Å². The van der Waals surface area contributed by atoms with Crippen LogP contribution in [0, 0.1) is 6.92 Å². The molecular formula is C23H25N5O4. The molecule has 9 heteroatoms. The number of fused-ring (bicyclic) bond motifs is 1. The molecule has 0 bridgehead atoms. The fourth-order valence-corrected chi connectivity index (χ4v) is 3.60. The second-order valence-corrected chi connectivity index (χ2v) is 7.41. The summed E-state index contributed by atoms with van der Waals surface area (Å²) in [6, 6.07) is 9.17. The molecule has 3 aromatic rings. The summed E-state index contributed by atoms with van der Waals surface area (Å²) in [6.07, 6.45) is 4.17. The van der Waals surface area contributed by atoms with Crippen LogP contribution in [0.4, 0.5) is 5.69 Å². The van der Waals surface area contributed by atoms with Crippen LogP contribution in [0.3, 0.4) is 0 Å². The average Bonchev–Trinajstić information content (AvgIpc) is 3.36. The van der Waals surface area contributed by atoms with Crippen molar-refractivity contribution in [3.8, 4) is 22.9 Å². The Kier molecular flexibility index (Phi) is 6.07. The average molecular weight is 435 g/mol. The molecule has 0 aliphatic carbocycles. The standard InChI is InChI=1S/C23H25N5O4/c1-5-31-21-12-17-10-14(2)32-22(17)11-16(21)6-9-23(29)24-18-7-8-20(30-4)19(13-18)28-15(3)25-26-27-28/h6-9,11-14H,5,10H2,1-4H3,(H,24,29)/b9-6+. The molecule has 1 aliphatic heterocycles. The minimum Gasteiger partial charge on any atom is -0.494 e. The maximum absolute atomic E-state index is 12.6. The molecule has 2 aromatic carbocycles. The van der Waals surface area contributed by atoms with E-state index in [2.05, 4.69) is 20.8 Å². The number of aromatic nitrogens is 4. The van der Waals surface area contributed by atoms with Crippen LogP contribution in [0.25, 0.3) is 11.8 Å². The van der Waals surface area contributed by atoms with E-state index < -0.39 is 0 Å². The molecule has 0 saturated carbocycles. The minimum absolute atomic E-state index is 0.134. The Labute approximate surface area is 186 Å². The van der Waals surface area contributed by atoms with Crippen LogP contribution in [0.2, 0.25) is 0 Å². The highest BCUT2D eigenvalue weighted by atomic mass is 16.5. The smallest absolute Gasteiger partial charge is 0.248 e. The number of hydrogen-bond donors (Lipinski definition) is 1. The monoisotopic (exact) mass is 435 g/mol. The van der Waals surface area contributed by atoms with Crippen molar-refractivity contribution in [1.82, 2.24) is 20.2 Å². The molecule has 9 nitrogen and oxygen atoms in total. The summed E-state index contributed by atoms with van der Waals surface area (Å²) in [5.74, 6) is 2.46. The molecule has 4 rings (SSSR count). The molecule has 2 heterocycles. The highest BCUT2D eigenvalue weighted by Crippen LogP contribution is 2.35. The third-order valence-corrected chi connectivity index (χ3v) is 5.04. The third-order valence-electron chi connectivity index (χ3n) is 5.04. The van der Waals surface area contributed by atoms with Crippen LogP contribution < -0.4 is 19.5 Å². The predicted octanol–water partition coefficient (Wildman–Crippen LogP) is 3.35. The van der Waals surface area contributed by atoms with E-state index in [0.717, 1.165) is 29.0 Å². The highest BCUT2D eigenvalue weighted by Gasteiger charge is 2.21. The van der Waals surface area contributed by atoms with Crippen LogP contribution >= 0.6 is 0 Å². The van der Waals surface area contributed by atoms with Crippen LogP contribution in [0.5, 0.6) is 17.2 Å². The number of hydrogen-bond acceptors (Lipinski definition) is 7. The first-order chi connectivity index (χ1) is 15.5. The zero-order chi connectivity index (χ0) is 22.7. The van der Waals surface area contributed by atoms with E-state index in [1.807, 2.05) is 26.0 Å². The summed E-state index contributed by atoms with van der Waals surface area (Å²) in [7, 11) is 1.57. The van der Waals surface area contributed by atoms with Gasteiger partial charge in [0.15, 0.2) is 5.82 Å². The quantitative estimate of drug-likeness (QED) is 0.568. The summed E-state index contributed by atoms with van der Waals surface area (Å²) in [6.45, 7) is 6.28. The van der Waals surface area contributed by atoms with Crippen LogP contribution in [-0.4, -0.2) is 45.9 Å². The molecular weight excluding hydrogens is 410 g/mol. The Bertz CT molecular complexity index is 1170. The molecule has 0 spiro atoms. The highest BCUT2D eigenvalue weighted by molar-refractivity contribution is 6.02. The Balaban J connectivity index is 1.54. The lowest BCUT2D eigenvalue weighted by Crippen LogP contribution is -2.09. The van der Waals surface area contributed by atoms with Gasteiger partial charge in [-0.15, -0.1) is 5.10 Å². The van der Waals surface area contributed by atoms with Crippen molar-refractivity contribution in [3.05, 3.63) is 53.4 Å². The topological polar surface area (TPSA) is 100 Å². The number of amides is 1. The van der Waals surface area contributed by atoms with Crippen molar-refractivity contribution in [1.29, 1.82) is 0 Å². The minimum atomic E-state index is -0.285. The van der Waals surface area contributed by atoms with Crippen LogP contribution in [0.1, 0.15) is 30.8 Å². The molecule has 1 aliphatic rings. The molecule has 1 atom stereocenters. The fourth-order valence-electron chi connectivity index (χ4n) is 3.60. The van der Waals surface area contributed by atoms with Gasteiger partial charge in [0.1, 0.15) is 29.0 Å². The number of benzene rings is 2. The lowest BCUT2D eigenvalue weighted by Gasteiger charge is -2.11.